The highest BCUT2D eigenvalue weighted by Crippen LogP contribution is 2.52. The lowest BCUT2D eigenvalue weighted by Crippen LogP contribution is -2.17. The van der Waals surface area contributed by atoms with Crippen LogP contribution in [-0.4, -0.2) is 22.6 Å². The van der Waals surface area contributed by atoms with Crippen LogP contribution in [0.2, 0.25) is 0 Å². The number of rotatable bonds is 6. The molecule has 0 N–H and O–H groups in total. The molecule has 0 fully saturated rings. The van der Waals surface area contributed by atoms with Gasteiger partial charge in [0.25, 0.3) is 0 Å². The minimum atomic E-state index is -4.00. The molecule has 0 bridgehead atoms. The molecule has 2 unspecified atom stereocenters. The summed E-state index contributed by atoms with van der Waals surface area (Å²) in [6.45, 7) is 2.47. The molecule has 0 aromatic heterocycles. The Balaban J connectivity index is 4.77. The number of alkyl halides is 3. The summed E-state index contributed by atoms with van der Waals surface area (Å²) in [6.07, 6.45) is 8.58. The predicted octanol–water partition coefficient (Wildman–Crippen LogP) is 3.56. The molecule has 0 aliphatic carbocycles. The fraction of sp³-hybridized carbons (Fsp3) is 0.600. The Morgan fingerprint density at radius 3 is 1.83 bits per heavy atom. The largest absolute Gasteiger partial charge is 0.477 e. The molecule has 0 saturated heterocycles. The van der Waals surface area contributed by atoms with Gasteiger partial charge in [0, 0.05) is 0 Å². The Morgan fingerprint density at radius 2 is 1.56 bits per heavy atom. The lowest BCUT2D eigenvalue weighted by atomic mass is 10.4. The van der Waals surface area contributed by atoms with Gasteiger partial charge in [-0.2, -0.15) is 0 Å². The zero-order valence-electron chi connectivity index (χ0n) is 9.73. The van der Waals surface area contributed by atoms with Crippen molar-refractivity contribution in [1.82, 2.24) is 0 Å². The summed E-state index contributed by atoms with van der Waals surface area (Å²) in [6, 6.07) is 0. The van der Waals surface area contributed by atoms with Crippen molar-refractivity contribution in [3.05, 3.63) is 0 Å². The summed E-state index contributed by atoms with van der Waals surface area (Å²) in [7, 11) is -4.00. The van der Waals surface area contributed by atoms with E-state index in [1.807, 2.05) is 0 Å². The van der Waals surface area contributed by atoms with Crippen molar-refractivity contribution in [2.24, 2.45) is 0 Å². The van der Waals surface area contributed by atoms with Crippen molar-refractivity contribution in [2.45, 2.75) is 29.8 Å². The van der Waals surface area contributed by atoms with Gasteiger partial charge >= 0.3 is 7.82 Å². The maximum absolute atomic E-state index is 12.2. The summed E-state index contributed by atoms with van der Waals surface area (Å²) in [5, 5.41) is 0. The van der Waals surface area contributed by atoms with Crippen LogP contribution in [0.4, 0.5) is 0 Å². The highest BCUT2D eigenvalue weighted by molar-refractivity contribution is 7.48. The van der Waals surface area contributed by atoms with E-state index in [9.17, 15) is 4.57 Å². The molecule has 0 aliphatic rings. The van der Waals surface area contributed by atoms with Gasteiger partial charge in [-0.25, -0.2) is 4.57 Å². The van der Waals surface area contributed by atoms with Gasteiger partial charge in [-0.1, -0.05) is 46.6 Å². The number of phosphoric acid groups is 1. The van der Waals surface area contributed by atoms with Gasteiger partial charge in [-0.15, -0.1) is 12.8 Å². The second kappa shape index (κ2) is 7.63. The third-order valence-electron chi connectivity index (χ3n) is 1.43. The van der Waals surface area contributed by atoms with Gasteiger partial charge < -0.3 is 0 Å². The number of terminal acetylenes is 2. The predicted molar refractivity (Wildman–Crippen MR) is 72.6 cm³/mol. The molecule has 0 radical (unpaired) electrons. The maximum Gasteiger partial charge on any atom is 0.477 e. The van der Waals surface area contributed by atoms with Crippen LogP contribution >= 0.6 is 42.6 Å². The summed E-state index contributed by atoms with van der Waals surface area (Å²) in [5.74, 6) is 4.41. The van der Waals surface area contributed by atoms with Crippen molar-refractivity contribution in [3.63, 3.8) is 0 Å². The Kier molecular flexibility index (Phi) is 7.67. The monoisotopic (exact) mass is 332 g/mol. The molecular weight excluding hydrogens is 321 g/mol. The molecule has 0 saturated carbocycles. The molecule has 0 amide bonds. The SMILES string of the molecule is C#CC(C)OP(=O)(OCC(Cl)(Cl)Cl)OC(C)C#C. The third-order valence-corrected chi connectivity index (χ3v) is 3.35. The smallest absolute Gasteiger partial charge is 0.282 e. The lowest BCUT2D eigenvalue weighted by molar-refractivity contribution is 0.0921. The molecular formula is C10H12Cl3O4P. The Bertz CT molecular complexity index is 367. The number of halogens is 3. The molecule has 8 heteroatoms. The van der Waals surface area contributed by atoms with Gasteiger partial charge in [0.15, 0.2) is 0 Å². The lowest BCUT2D eigenvalue weighted by Gasteiger charge is -2.22. The van der Waals surface area contributed by atoms with Crippen LogP contribution in [0.25, 0.3) is 0 Å². The van der Waals surface area contributed by atoms with Crippen molar-refractivity contribution in [2.75, 3.05) is 6.61 Å². The Morgan fingerprint density at radius 1 is 1.17 bits per heavy atom. The Labute approximate surface area is 122 Å². The number of hydrogen-bond acceptors (Lipinski definition) is 4. The van der Waals surface area contributed by atoms with E-state index in [-0.39, 0.29) is 0 Å². The molecule has 4 nitrogen and oxygen atoms in total. The van der Waals surface area contributed by atoms with E-state index >= 15 is 0 Å². The minimum absolute atomic E-state index is 0.497. The molecule has 0 rings (SSSR count). The first-order valence-electron chi connectivity index (χ1n) is 4.72. The van der Waals surface area contributed by atoms with E-state index in [4.69, 9.17) is 61.2 Å². The highest BCUT2D eigenvalue weighted by Gasteiger charge is 2.34. The molecule has 0 spiro atoms. The maximum atomic E-state index is 12.2. The summed E-state index contributed by atoms with van der Waals surface area (Å²) < 4.78 is 25.2. The second-order valence-electron chi connectivity index (χ2n) is 3.16. The number of hydrogen-bond donors (Lipinski definition) is 0. The van der Waals surface area contributed by atoms with Gasteiger partial charge in [0.1, 0.15) is 18.8 Å². The highest BCUT2D eigenvalue weighted by atomic mass is 35.6. The minimum Gasteiger partial charge on any atom is -0.282 e. The van der Waals surface area contributed by atoms with Crippen LogP contribution in [0.15, 0.2) is 0 Å². The van der Waals surface area contributed by atoms with Crippen LogP contribution in [0.3, 0.4) is 0 Å². The quantitative estimate of drug-likeness (QED) is 0.423. The van der Waals surface area contributed by atoms with Crippen LogP contribution in [-0.2, 0) is 18.1 Å². The zero-order chi connectivity index (χ0) is 14.4. The average Bonchev–Trinajstić information content (AvgIpc) is 2.25. The van der Waals surface area contributed by atoms with E-state index in [1.165, 1.54) is 13.8 Å². The van der Waals surface area contributed by atoms with Gasteiger partial charge in [0.05, 0.1) is 0 Å². The molecule has 2 atom stereocenters. The molecule has 18 heavy (non-hydrogen) atoms. The topological polar surface area (TPSA) is 44.8 Å². The van der Waals surface area contributed by atoms with Gasteiger partial charge in [-0.3, -0.25) is 13.6 Å². The molecule has 0 aromatic rings. The summed E-state index contributed by atoms with van der Waals surface area (Å²) in [5.41, 5.74) is 0. The van der Waals surface area contributed by atoms with E-state index in [2.05, 4.69) is 11.8 Å². The van der Waals surface area contributed by atoms with E-state index < -0.39 is 30.4 Å². The third kappa shape index (κ3) is 8.25. The normalized spacial score (nSPS) is 18.2. The summed E-state index contributed by atoms with van der Waals surface area (Å²) in [4.78, 5) is 0. The van der Waals surface area contributed by atoms with Crippen molar-refractivity contribution in [3.8, 4) is 24.7 Å². The Hall–Kier alpha value is 0.1000. The van der Waals surface area contributed by atoms with E-state index in [0.717, 1.165) is 0 Å². The standard InChI is InChI=1S/C10H12Cl3O4P/c1-5-8(3)16-18(14,17-9(4)6-2)15-7-10(11,12)13/h1-2,8-9H,7H2,3-4H3. The van der Waals surface area contributed by atoms with E-state index in [0.29, 0.717) is 0 Å². The van der Waals surface area contributed by atoms with Crippen molar-refractivity contribution < 1.29 is 18.1 Å². The molecule has 0 heterocycles. The zero-order valence-corrected chi connectivity index (χ0v) is 12.9. The van der Waals surface area contributed by atoms with Crippen molar-refractivity contribution >= 4 is 42.6 Å². The van der Waals surface area contributed by atoms with Crippen molar-refractivity contribution in [1.29, 1.82) is 0 Å². The van der Waals surface area contributed by atoms with Crippen LogP contribution in [0.1, 0.15) is 13.8 Å². The average molecular weight is 334 g/mol. The summed E-state index contributed by atoms with van der Waals surface area (Å²) >= 11 is 16.4. The second-order valence-corrected chi connectivity index (χ2v) is 7.25. The fourth-order valence-corrected chi connectivity index (χ4v) is 2.50. The number of phosphoric ester groups is 1. The fourth-order valence-electron chi connectivity index (χ4n) is 0.686. The van der Waals surface area contributed by atoms with Crippen LogP contribution in [0, 0.1) is 24.7 Å². The van der Waals surface area contributed by atoms with Crippen LogP contribution < -0.4 is 0 Å². The first kappa shape index (κ1) is 18.1. The van der Waals surface area contributed by atoms with Crippen LogP contribution in [0.5, 0.6) is 0 Å². The van der Waals surface area contributed by atoms with Gasteiger partial charge in [0.2, 0.25) is 3.79 Å². The van der Waals surface area contributed by atoms with Gasteiger partial charge in [-0.05, 0) is 13.8 Å². The first-order chi connectivity index (χ1) is 8.12. The molecule has 0 aromatic carbocycles. The molecule has 102 valence electrons. The molecule has 0 aliphatic heterocycles. The first-order valence-corrected chi connectivity index (χ1v) is 7.31. The van der Waals surface area contributed by atoms with E-state index in [1.54, 1.807) is 0 Å².